The van der Waals surface area contributed by atoms with Crippen LogP contribution >= 0.6 is 11.3 Å². The first kappa shape index (κ1) is 17.1. The van der Waals surface area contributed by atoms with Gasteiger partial charge in [0.2, 0.25) is 5.91 Å². The summed E-state index contributed by atoms with van der Waals surface area (Å²) in [4.78, 5) is 18.9. The molecule has 0 radical (unpaired) electrons. The summed E-state index contributed by atoms with van der Waals surface area (Å²) in [5.74, 6) is -0.0971. The van der Waals surface area contributed by atoms with Crippen LogP contribution < -0.4 is 5.32 Å². The average molecular weight is 350 g/mol. The molecule has 0 aliphatic rings. The van der Waals surface area contributed by atoms with Crippen LogP contribution in [-0.2, 0) is 4.79 Å². The molecule has 3 aromatic rings. The van der Waals surface area contributed by atoms with E-state index < -0.39 is 0 Å². The maximum absolute atomic E-state index is 12.3. The summed E-state index contributed by atoms with van der Waals surface area (Å²) in [6, 6.07) is 17.0. The normalized spacial score (nSPS) is 12.1. The van der Waals surface area contributed by atoms with Crippen molar-refractivity contribution in [1.82, 2.24) is 9.88 Å². The quantitative estimate of drug-likeness (QED) is 0.760. The highest BCUT2D eigenvalue weighted by molar-refractivity contribution is 7.18. The van der Waals surface area contributed by atoms with Gasteiger partial charge in [0.1, 0.15) is 5.01 Å². The second-order valence-corrected chi connectivity index (χ2v) is 6.91. The van der Waals surface area contributed by atoms with Gasteiger partial charge in [-0.2, -0.15) is 5.26 Å². The smallest absolute Gasteiger partial charge is 0.238 e. The molecule has 0 bridgehead atoms. The summed E-state index contributed by atoms with van der Waals surface area (Å²) in [5.41, 5.74) is 2.24. The first-order chi connectivity index (χ1) is 12.1. The van der Waals surface area contributed by atoms with Gasteiger partial charge in [-0.1, -0.05) is 12.1 Å². The zero-order chi connectivity index (χ0) is 17.8. The minimum absolute atomic E-state index is 0.0455. The molecule has 6 heteroatoms. The topological polar surface area (TPSA) is 69.0 Å². The molecular weight excluding hydrogens is 332 g/mol. The van der Waals surface area contributed by atoms with Crippen LogP contribution in [0.2, 0.25) is 0 Å². The van der Waals surface area contributed by atoms with Crippen LogP contribution in [0.5, 0.6) is 0 Å². The molecule has 5 nitrogen and oxygen atoms in total. The highest BCUT2D eigenvalue weighted by Gasteiger charge is 2.18. The predicted molar refractivity (Wildman–Crippen MR) is 100 cm³/mol. The van der Waals surface area contributed by atoms with Crippen LogP contribution in [0.15, 0.2) is 48.5 Å². The third kappa shape index (κ3) is 4.02. The average Bonchev–Trinajstić information content (AvgIpc) is 3.05. The van der Waals surface area contributed by atoms with E-state index in [0.717, 1.165) is 15.2 Å². The van der Waals surface area contributed by atoms with E-state index in [4.69, 9.17) is 5.26 Å². The molecule has 25 heavy (non-hydrogen) atoms. The van der Waals surface area contributed by atoms with Gasteiger partial charge >= 0.3 is 0 Å². The first-order valence-electron chi connectivity index (χ1n) is 7.92. The van der Waals surface area contributed by atoms with Gasteiger partial charge in [0.25, 0.3) is 0 Å². The zero-order valence-corrected chi connectivity index (χ0v) is 14.9. The number of aromatic nitrogens is 1. The zero-order valence-electron chi connectivity index (χ0n) is 14.1. The molecule has 1 aromatic heterocycles. The lowest BCUT2D eigenvalue weighted by atomic mass is 10.2. The minimum Gasteiger partial charge on any atom is -0.325 e. The third-order valence-electron chi connectivity index (χ3n) is 4.02. The van der Waals surface area contributed by atoms with Gasteiger partial charge in [-0.3, -0.25) is 9.69 Å². The molecule has 0 aliphatic carbocycles. The summed E-state index contributed by atoms with van der Waals surface area (Å²) in [5, 5.41) is 12.6. The molecule has 1 atom stereocenters. The highest BCUT2D eigenvalue weighted by Crippen LogP contribution is 2.28. The van der Waals surface area contributed by atoms with Gasteiger partial charge in [0, 0.05) is 5.69 Å². The summed E-state index contributed by atoms with van der Waals surface area (Å²) in [6.45, 7) is 2.31. The first-order valence-corrected chi connectivity index (χ1v) is 8.74. The van der Waals surface area contributed by atoms with E-state index in [9.17, 15) is 4.79 Å². The molecule has 3 rings (SSSR count). The molecule has 0 aliphatic heterocycles. The lowest BCUT2D eigenvalue weighted by Crippen LogP contribution is -2.32. The number of hydrogen-bond donors (Lipinski definition) is 1. The van der Waals surface area contributed by atoms with E-state index in [1.807, 2.05) is 37.1 Å². The molecule has 1 heterocycles. The number of carbonyl (C=O) groups is 1. The van der Waals surface area contributed by atoms with Gasteiger partial charge in [-0.15, -0.1) is 11.3 Å². The molecular formula is C19H18N4OS. The summed E-state index contributed by atoms with van der Waals surface area (Å²) < 4.78 is 1.15. The maximum Gasteiger partial charge on any atom is 0.238 e. The number of rotatable bonds is 5. The number of anilines is 1. The van der Waals surface area contributed by atoms with E-state index in [1.54, 1.807) is 35.6 Å². The van der Waals surface area contributed by atoms with E-state index in [0.29, 0.717) is 11.3 Å². The van der Waals surface area contributed by atoms with Crippen LogP contribution in [0.4, 0.5) is 5.69 Å². The molecule has 1 N–H and O–H groups in total. The second-order valence-electron chi connectivity index (χ2n) is 5.85. The second kappa shape index (κ2) is 7.43. The number of likely N-dealkylation sites (N-methyl/N-ethyl adjacent to an activating group) is 1. The number of para-hydroxylation sites is 1. The van der Waals surface area contributed by atoms with Crippen LogP contribution in [-0.4, -0.2) is 29.4 Å². The number of amides is 1. The predicted octanol–water partition coefficient (Wildman–Crippen LogP) is 3.80. The van der Waals surface area contributed by atoms with Crippen LogP contribution in [0.3, 0.4) is 0 Å². The number of nitrogens with zero attached hydrogens (tertiary/aromatic N) is 3. The Labute approximate surface area is 150 Å². The van der Waals surface area contributed by atoms with Crippen molar-refractivity contribution >= 4 is 33.1 Å². The Morgan fingerprint density at radius 1 is 1.28 bits per heavy atom. The Hall–Kier alpha value is -2.75. The SMILES string of the molecule is CC(c1nc2ccccc2s1)N(C)CC(=O)Nc1ccc(C#N)cc1. The summed E-state index contributed by atoms with van der Waals surface area (Å²) >= 11 is 1.65. The number of hydrogen-bond acceptors (Lipinski definition) is 5. The number of nitriles is 1. The molecule has 1 unspecified atom stereocenters. The fourth-order valence-corrected chi connectivity index (χ4v) is 3.53. The van der Waals surface area contributed by atoms with Crippen molar-refractivity contribution in [3.63, 3.8) is 0 Å². The molecule has 1 amide bonds. The molecule has 0 saturated carbocycles. The van der Waals surface area contributed by atoms with E-state index in [1.165, 1.54) is 0 Å². The molecule has 2 aromatic carbocycles. The largest absolute Gasteiger partial charge is 0.325 e. The van der Waals surface area contributed by atoms with Crippen LogP contribution in [0.1, 0.15) is 23.5 Å². The fraction of sp³-hybridized carbons (Fsp3) is 0.211. The standard InChI is InChI=1S/C19H18N4OS/c1-13(19-22-16-5-3-4-6-17(16)25-19)23(2)12-18(24)21-15-9-7-14(11-20)8-10-15/h3-10,13H,12H2,1-2H3,(H,21,24). The van der Waals surface area contributed by atoms with Crippen molar-refractivity contribution in [1.29, 1.82) is 5.26 Å². The van der Waals surface area contributed by atoms with Crippen LogP contribution in [0, 0.1) is 11.3 Å². The molecule has 0 fully saturated rings. The monoisotopic (exact) mass is 350 g/mol. The molecule has 0 spiro atoms. The van der Waals surface area contributed by atoms with Crippen molar-refractivity contribution < 1.29 is 4.79 Å². The Balaban J connectivity index is 1.62. The van der Waals surface area contributed by atoms with Crippen molar-refractivity contribution in [2.24, 2.45) is 0 Å². The van der Waals surface area contributed by atoms with Gasteiger partial charge in [0.05, 0.1) is 34.4 Å². The van der Waals surface area contributed by atoms with Crippen molar-refractivity contribution in [2.75, 3.05) is 18.9 Å². The van der Waals surface area contributed by atoms with E-state index in [-0.39, 0.29) is 18.5 Å². The van der Waals surface area contributed by atoms with E-state index in [2.05, 4.69) is 22.4 Å². The minimum atomic E-state index is -0.0971. The number of carbonyl (C=O) groups excluding carboxylic acids is 1. The third-order valence-corrected chi connectivity index (χ3v) is 5.23. The Morgan fingerprint density at radius 3 is 2.68 bits per heavy atom. The van der Waals surface area contributed by atoms with Crippen molar-refractivity contribution in [2.45, 2.75) is 13.0 Å². The number of nitrogens with one attached hydrogen (secondary N) is 1. The maximum atomic E-state index is 12.3. The molecule has 126 valence electrons. The summed E-state index contributed by atoms with van der Waals surface area (Å²) in [7, 11) is 1.91. The Kier molecular flexibility index (Phi) is 5.08. The van der Waals surface area contributed by atoms with E-state index >= 15 is 0 Å². The highest BCUT2D eigenvalue weighted by atomic mass is 32.1. The molecule has 0 saturated heterocycles. The van der Waals surface area contributed by atoms with Crippen LogP contribution in [0.25, 0.3) is 10.2 Å². The number of benzene rings is 2. The number of fused-ring (bicyclic) bond motifs is 1. The lowest BCUT2D eigenvalue weighted by Gasteiger charge is -2.22. The van der Waals surface area contributed by atoms with Gasteiger partial charge in [-0.25, -0.2) is 4.98 Å². The van der Waals surface area contributed by atoms with Crippen molar-refractivity contribution in [3.05, 3.63) is 59.1 Å². The Morgan fingerprint density at radius 2 is 2.00 bits per heavy atom. The number of thiazole rings is 1. The van der Waals surface area contributed by atoms with Gasteiger partial charge in [0.15, 0.2) is 0 Å². The van der Waals surface area contributed by atoms with Crippen molar-refractivity contribution in [3.8, 4) is 6.07 Å². The summed E-state index contributed by atoms with van der Waals surface area (Å²) in [6.07, 6.45) is 0. The fourth-order valence-electron chi connectivity index (χ4n) is 2.45. The lowest BCUT2D eigenvalue weighted by molar-refractivity contribution is -0.117. The Bertz CT molecular complexity index is 893. The van der Waals surface area contributed by atoms with Gasteiger partial charge in [-0.05, 0) is 50.4 Å². The van der Waals surface area contributed by atoms with Gasteiger partial charge < -0.3 is 5.32 Å².